The summed E-state index contributed by atoms with van der Waals surface area (Å²) in [6.07, 6.45) is 1.40. The summed E-state index contributed by atoms with van der Waals surface area (Å²) >= 11 is 0. The largest absolute Gasteiger partial charge is 0.496 e. The monoisotopic (exact) mass is 389 g/mol. The van der Waals surface area contributed by atoms with Crippen molar-refractivity contribution in [1.82, 2.24) is 4.72 Å². The normalized spacial score (nSPS) is 11.3. The summed E-state index contributed by atoms with van der Waals surface area (Å²) in [5, 5.41) is 0.954. The third-order valence-corrected chi connectivity index (χ3v) is 4.47. The van der Waals surface area contributed by atoms with E-state index in [1.165, 1.54) is 13.2 Å². The Morgan fingerprint density at radius 2 is 1.70 bits per heavy atom. The highest BCUT2D eigenvalue weighted by molar-refractivity contribution is 7.92. The molecule has 2 rings (SSSR count). The molecule has 8 heteroatoms. The van der Waals surface area contributed by atoms with Gasteiger partial charge in [-0.15, -0.1) is 0 Å². The SMILES string of the molecule is COc1ccccc1C(=O)COC(=O)CNS(=O)(=O)/C=C/c1ccccc1. The van der Waals surface area contributed by atoms with E-state index >= 15 is 0 Å². The Labute approximate surface area is 157 Å². The molecule has 0 unspecified atom stereocenters. The first kappa shape index (κ1) is 20.3. The number of benzene rings is 2. The lowest BCUT2D eigenvalue weighted by Crippen LogP contribution is -2.30. The minimum Gasteiger partial charge on any atom is -0.496 e. The molecule has 0 atom stereocenters. The van der Waals surface area contributed by atoms with Crippen molar-refractivity contribution in [2.24, 2.45) is 0 Å². The van der Waals surface area contributed by atoms with Crippen molar-refractivity contribution in [1.29, 1.82) is 0 Å². The number of rotatable bonds is 9. The van der Waals surface area contributed by atoms with E-state index < -0.39 is 34.9 Å². The molecule has 1 N–H and O–H groups in total. The van der Waals surface area contributed by atoms with Crippen LogP contribution in [0.1, 0.15) is 15.9 Å². The fourth-order valence-electron chi connectivity index (χ4n) is 2.09. The number of esters is 1. The van der Waals surface area contributed by atoms with Crippen LogP contribution in [0.5, 0.6) is 5.75 Å². The molecule has 0 aromatic heterocycles. The van der Waals surface area contributed by atoms with Crippen LogP contribution in [0.25, 0.3) is 6.08 Å². The molecule has 0 saturated heterocycles. The van der Waals surface area contributed by atoms with Gasteiger partial charge in [0.05, 0.1) is 12.7 Å². The van der Waals surface area contributed by atoms with Crippen LogP contribution in [-0.4, -0.2) is 40.4 Å². The number of ketones is 1. The Hall–Kier alpha value is -2.97. The number of nitrogens with one attached hydrogen (secondary N) is 1. The van der Waals surface area contributed by atoms with Gasteiger partial charge in [-0.2, -0.15) is 0 Å². The topological polar surface area (TPSA) is 98.8 Å². The molecule has 0 fully saturated rings. The molecule has 0 heterocycles. The summed E-state index contributed by atoms with van der Waals surface area (Å²) in [5.74, 6) is -0.951. The summed E-state index contributed by atoms with van der Waals surface area (Å²) in [4.78, 5) is 23.8. The molecule has 2 aromatic carbocycles. The molecule has 0 radical (unpaired) electrons. The molecular weight excluding hydrogens is 370 g/mol. The van der Waals surface area contributed by atoms with Gasteiger partial charge in [0.25, 0.3) is 0 Å². The molecule has 0 spiro atoms. The smallest absolute Gasteiger partial charge is 0.321 e. The molecule has 0 bridgehead atoms. The van der Waals surface area contributed by atoms with Gasteiger partial charge in [-0.05, 0) is 23.8 Å². The first-order chi connectivity index (χ1) is 12.9. The number of carbonyl (C=O) groups excluding carboxylic acids is 2. The number of methoxy groups -OCH3 is 1. The number of para-hydroxylation sites is 1. The average Bonchev–Trinajstić information content (AvgIpc) is 2.70. The maximum absolute atomic E-state index is 12.1. The van der Waals surface area contributed by atoms with Crippen LogP contribution in [0, 0.1) is 0 Å². The molecule has 0 saturated carbocycles. The van der Waals surface area contributed by atoms with E-state index in [1.54, 1.807) is 48.5 Å². The Balaban J connectivity index is 1.83. The maximum atomic E-state index is 12.1. The minimum atomic E-state index is -3.81. The van der Waals surface area contributed by atoms with Crippen LogP contribution in [0.4, 0.5) is 0 Å². The standard InChI is InChI=1S/C19H19NO6S/c1-25-18-10-6-5-9-16(18)17(21)14-26-19(22)13-20-27(23,24)12-11-15-7-3-2-4-8-15/h2-12,20H,13-14H2,1H3/b12-11+. The lowest BCUT2D eigenvalue weighted by molar-refractivity contribution is -0.141. The second kappa shape index (κ2) is 9.65. The van der Waals surface area contributed by atoms with E-state index in [-0.39, 0.29) is 5.56 Å². The highest BCUT2D eigenvalue weighted by atomic mass is 32.2. The molecule has 2 aromatic rings. The van der Waals surface area contributed by atoms with Gasteiger partial charge in [-0.1, -0.05) is 42.5 Å². The summed E-state index contributed by atoms with van der Waals surface area (Å²) in [7, 11) is -2.39. The number of ether oxygens (including phenoxy) is 2. The fourth-order valence-corrected chi connectivity index (χ4v) is 2.84. The van der Waals surface area contributed by atoms with Crippen LogP contribution in [0.2, 0.25) is 0 Å². The lowest BCUT2D eigenvalue weighted by Gasteiger charge is -2.08. The van der Waals surface area contributed by atoms with Crippen LogP contribution in [0.15, 0.2) is 60.0 Å². The summed E-state index contributed by atoms with van der Waals surface area (Å²) in [6, 6.07) is 15.4. The molecule has 0 aliphatic heterocycles. The minimum absolute atomic E-state index is 0.277. The highest BCUT2D eigenvalue weighted by Crippen LogP contribution is 2.17. The molecule has 142 valence electrons. The molecule has 0 aliphatic rings. The second-order valence-electron chi connectivity index (χ2n) is 5.36. The van der Waals surface area contributed by atoms with Crippen molar-refractivity contribution in [3.8, 4) is 5.75 Å². The van der Waals surface area contributed by atoms with Gasteiger partial charge in [0.1, 0.15) is 12.3 Å². The molecule has 0 aliphatic carbocycles. The second-order valence-corrected chi connectivity index (χ2v) is 7.01. The average molecular weight is 389 g/mol. The number of Topliss-reactive ketones (excluding diaryl/α,β-unsaturated/α-hetero) is 1. The van der Waals surface area contributed by atoms with Crippen molar-refractivity contribution in [2.75, 3.05) is 20.3 Å². The van der Waals surface area contributed by atoms with Gasteiger partial charge in [-0.25, -0.2) is 13.1 Å². The molecule has 7 nitrogen and oxygen atoms in total. The molecule has 0 amide bonds. The van der Waals surface area contributed by atoms with E-state index in [0.717, 1.165) is 5.41 Å². The van der Waals surface area contributed by atoms with Crippen molar-refractivity contribution in [3.05, 3.63) is 71.1 Å². The van der Waals surface area contributed by atoms with Gasteiger partial charge in [0.2, 0.25) is 15.8 Å². The van der Waals surface area contributed by atoms with Gasteiger partial charge < -0.3 is 9.47 Å². The fraction of sp³-hybridized carbons (Fsp3) is 0.158. The lowest BCUT2D eigenvalue weighted by atomic mass is 10.1. The maximum Gasteiger partial charge on any atom is 0.321 e. The van der Waals surface area contributed by atoms with E-state index in [9.17, 15) is 18.0 Å². The Kier molecular flexibility index (Phi) is 7.27. The van der Waals surface area contributed by atoms with Crippen LogP contribution in [0.3, 0.4) is 0 Å². The predicted molar refractivity (Wildman–Crippen MR) is 101 cm³/mol. The first-order valence-corrected chi connectivity index (χ1v) is 9.50. The zero-order valence-corrected chi connectivity index (χ0v) is 15.4. The first-order valence-electron chi connectivity index (χ1n) is 7.96. The van der Waals surface area contributed by atoms with Crippen molar-refractivity contribution < 1.29 is 27.5 Å². The number of carbonyl (C=O) groups is 2. The van der Waals surface area contributed by atoms with Crippen molar-refractivity contribution >= 4 is 27.9 Å². The predicted octanol–water partition coefficient (Wildman–Crippen LogP) is 2.01. The Morgan fingerprint density at radius 1 is 1.04 bits per heavy atom. The molecule has 27 heavy (non-hydrogen) atoms. The highest BCUT2D eigenvalue weighted by Gasteiger charge is 2.15. The number of hydrogen-bond acceptors (Lipinski definition) is 6. The Bertz CT molecular complexity index is 922. The summed E-state index contributed by atoms with van der Waals surface area (Å²) in [6.45, 7) is -1.10. The Morgan fingerprint density at radius 3 is 2.41 bits per heavy atom. The van der Waals surface area contributed by atoms with E-state index in [2.05, 4.69) is 4.72 Å². The zero-order valence-electron chi connectivity index (χ0n) is 14.6. The van der Waals surface area contributed by atoms with Crippen molar-refractivity contribution in [3.63, 3.8) is 0 Å². The number of sulfonamides is 1. The van der Waals surface area contributed by atoms with Gasteiger partial charge in [0, 0.05) is 5.41 Å². The number of hydrogen-bond donors (Lipinski definition) is 1. The third-order valence-electron chi connectivity index (χ3n) is 3.43. The van der Waals surface area contributed by atoms with Gasteiger partial charge in [-0.3, -0.25) is 9.59 Å². The summed E-state index contributed by atoms with van der Waals surface area (Å²) in [5.41, 5.74) is 0.979. The quantitative estimate of drug-likeness (QED) is 0.520. The van der Waals surface area contributed by atoms with Gasteiger partial charge >= 0.3 is 5.97 Å². The summed E-state index contributed by atoms with van der Waals surface area (Å²) < 4.78 is 35.7. The third kappa shape index (κ3) is 6.69. The van der Waals surface area contributed by atoms with E-state index in [4.69, 9.17) is 9.47 Å². The van der Waals surface area contributed by atoms with E-state index in [0.29, 0.717) is 11.3 Å². The van der Waals surface area contributed by atoms with Crippen LogP contribution < -0.4 is 9.46 Å². The van der Waals surface area contributed by atoms with Crippen molar-refractivity contribution in [2.45, 2.75) is 0 Å². The molecular formula is C19H19NO6S. The van der Waals surface area contributed by atoms with E-state index in [1.807, 2.05) is 6.07 Å². The van der Waals surface area contributed by atoms with Crippen LogP contribution in [-0.2, 0) is 19.6 Å². The van der Waals surface area contributed by atoms with Crippen LogP contribution >= 0.6 is 0 Å². The van der Waals surface area contributed by atoms with Gasteiger partial charge in [0.15, 0.2) is 6.61 Å². The zero-order chi connectivity index (χ0) is 19.7.